The summed E-state index contributed by atoms with van der Waals surface area (Å²) < 4.78 is 5.85. The Morgan fingerprint density at radius 2 is 1.68 bits per heavy atom. The average Bonchev–Trinajstić information content (AvgIpc) is 2.41. The molecule has 0 aliphatic carbocycles. The summed E-state index contributed by atoms with van der Waals surface area (Å²) in [5.41, 5.74) is 11.8. The lowest BCUT2D eigenvalue weighted by Crippen LogP contribution is -2.01. The van der Waals surface area contributed by atoms with Crippen molar-refractivity contribution >= 4 is 0 Å². The van der Waals surface area contributed by atoms with Crippen molar-refractivity contribution in [1.29, 1.82) is 0 Å². The number of hydrogen-bond acceptors (Lipinski definition) is 2. The van der Waals surface area contributed by atoms with Gasteiger partial charge in [-0.15, -0.1) is 0 Å². The SMILES string of the molecule is Cc1ccc(OCc2ccc(CN)cc2C)cc1C. The van der Waals surface area contributed by atoms with Gasteiger partial charge in [0.1, 0.15) is 12.4 Å². The number of hydrogen-bond donors (Lipinski definition) is 1. The minimum absolute atomic E-state index is 0.582. The molecule has 0 aliphatic heterocycles. The van der Waals surface area contributed by atoms with E-state index in [4.69, 9.17) is 10.5 Å². The summed E-state index contributed by atoms with van der Waals surface area (Å²) in [5.74, 6) is 0.922. The number of nitrogens with two attached hydrogens (primary N) is 1. The van der Waals surface area contributed by atoms with E-state index in [0.717, 1.165) is 11.3 Å². The Labute approximate surface area is 115 Å². The molecular weight excluding hydrogens is 234 g/mol. The van der Waals surface area contributed by atoms with Crippen LogP contribution in [0, 0.1) is 20.8 Å². The number of ether oxygens (including phenoxy) is 1. The van der Waals surface area contributed by atoms with Gasteiger partial charge >= 0.3 is 0 Å². The largest absolute Gasteiger partial charge is 0.489 e. The minimum Gasteiger partial charge on any atom is -0.489 e. The van der Waals surface area contributed by atoms with Crippen molar-refractivity contribution in [2.45, 2.75) is 33.9 Å². The summed E-state index contributed by atoms with van der Waals surface area (Å²) in [6, 6.07) is 12.5. The summed E-state index contributed by atoms with van der Waals surface area (Å²) in [7, 11) is 0. The lowest BCUT2D eigenvalue weighted by Gasteiger charge is -2.11. The zero-order chi connectivity index (χ0) is 13.8. The number of aryl methyl sites for hydroxylation is 3. The smallest absolute Gasteiger partial charge is 0.120 e. The van der Waals surface area contributed by atoms with Crippen molar-refractivity contribution in [3.05, 3.63) is 64.2 Å². The molecule has 0 radical (unpaired) electrons. The fourth-order valence-electron chi connectivity index (χ4n) is 2.01. The fraction of sp³-hybridized carbons (Fsp3) is 0.294. The highest BCUT2D eigenvalue weighted by Gasteiger charge is 2.02. The van der Waals surface area contributed by atoms with Gasteiger partial charge in [0, 0.05) is 6.54 Å². The van der Waals surface area contributed by atoms with Crippen molar-refractivity contribution < 1.29 is 4.74 Å². The fourth-order valence-corrected chi connectivity index (χ4v) is 2.01. The molecule has 0 saturated carbocycles. The first-order valence-electron chi connectivity index (χ1n) is 6.58. The molecule has 2 N–H and O–H groups in total. The lowest BCUT2D eigenvalue weighted by atomic mass is 10.1. The Morgan fingerprint density at radius 3 is 2.32 bits per heavy atom. The van der Waals surface area contributed by atoms with Gasteiger partial charge in [-0.3, -0.25) is 0 Å². The molecule has 0 bridgehead atoms. The lowest BCUT2D eigenvalue weighted by molar-refractivity contribution is 0.305. The Kier molecular flexibility index (Phi) is 4.23. The van der Waals surface area contributed by atoms with E-state index in [2.05, 4.69) is 51.1 Å². The van der Waals surface area contributed by atoms with Gasteiger partial charge in [0.2, 0.25) is 0 Å². The predicted octanol–water partition coefficient (Wildman–Crippen LogP) is 3.65. The molecule has 0 atom stereocenters. The molecule has 2 rings (SSSR count). The third-order valence-corrected chi connectivity index (χ3v) is 3.52. The van der Waals surface area contributed by atoms with Gasteiger partial charge < -0.3 is 10.5 Å². The standard InChI is InChI=1S/C17H21NO/c1-12-4-7-17(9-13(12)2)19-11-16-6-5-15(10-18)8-14(16)3/h4-9H,10-11,18H2,1-3H3. The third kappa shape index (κ3) is 3.36. The molecule has 2 aromatic carbocycles. The summed E-state index contributed by atoms with van der Waals surface area (Å²) in [6.07, 6.45) is 0. The molecule has 0 spiro atoms. The first-order valence-corrected chi connectivity index (χ1v) is 6.58. The topological polar surface area (TPSA) is 35.2 Å². The van der Waals surface area contributed by atoms with Gasteiger partial charge in [0.15, 0.2) is 0 Å². The van der Waals surface area contributed by atoms with Crippen LogP contribution in [0.1, 0.15) is 27.8 Å². The maximum absolute atomic E-state index is 5.85. The predicted molar refractivity (Wildman–Crippen MR) is 79.3 cm³/mol. The van der Waals surface area contributed by atoms with E-state index in [-0.39, 0.29) is 0 Å². The Balaban J connectivity index is 2.07. The molecule has 2 aromatic rings. The minimum atomic E-state index is 0.582. The molecule has 2 heteroatoms. The normalized spacial score (nSPS) is 10.5. The highest BCUT2D eigenvalue weighted by molar-refractivity contribution is 5.35. The van der Waals surface area contributed by atoms with Gasteiger partial charge in [-0.2, -0.15) is 0 Å². The van der Waals surface area contributed by atoms with Crippen molar-refractivity contribution in [3.8, 4) is 5.75 Å². The zero-order valence-corrected chi connectivity index (χ0v) is 11.9. The quantitative estimate of drug-likeness (QED) is 0.905. The second kappa shape index (κ2) is 5.89. The van der Waals surface area contributed by atoms with Crippen LogP contribution in [0.2, 0.25) is 0 Å². The van der Waals surface area contributed by atoms with Crippen LogP contribution in [0.5, 0.6) is 5.75 Å². The monoisotopic (exact) mass is 255 g/mol. The molecule has 0 aliphatic rings. The molecule has 0 heterocycles. The molecule has 0 unspecified atom stereocenters. The van der Waals surface area contributed by atoms with Gasteiger partial charge in [0.25, 0.3) is 0 Å². The first kappa shape index (κ1) is 13.6. The van der Waals surface area contributed by atoms with Gasteiger partial charge in [-0.25, -0.2) is 0 Å². The van der Waals surface area contributed by atoms with Crippen LogP contribution in [-0.2, 0) is 13.2 Å². The third-order valence-electron chi connectivity index (χ3n) is 3.52. The summed E-state index contributed by atoms with van der Waals surface area (Å²) in [4.78, 5) is 0. The van der Waals surface area contributed by atoms with E-state index in [0.29, 0.717) is 13.2 Å². The van der Waals surface area contributed by atoms with Gasteiger partial charge in [-0.05, 0) is 60.7 Å². The van der Waals surface area contributed by atoms with Crippen molar-refractivity contribution in [3.63, 3.8) is 0 Å². The van der Waals surface area contributed by atoms with Crippen LogP contribution in [-0.4, -0.2) is 0 Å². The van der Waals surface area contributed by atoms with Crippen LogP contribution in [0.3, 0.4) is 0 Å². The molecular formula is C17H21NO. The molecule has 2 nitrogen and oxygen atoms in total. The van der Waals surface area contributed by atoms with E-state index in [1.807, 2.05) is 6.07 Å². The number of rotatable bonds is 4. The Bertz CT molecular complexity index is 575. The highest BCUT2D eigenvalue weighted by atomic mass is 16.5. The second-order valence-corrected chi connectivity index (χ2v) is 5.00. The van der Waals surface area contributed by atoms with E-state index in [1.54, 1.807) is 0 Å². The zero-order valence-electron chi connectivity index (χ0n) is 11.9. The van der Waals surface area contributed by atoms with Gasteiger partial charge in [0.05, 0.1) is 0 Å². The van der Waals surface area contributed by atoms with E-state index in [9.17, 15) is 0 Å². The molecule has 100 valence electrons. The van der Waals surface area contributed by atoms with Crippen molar-refractivity contribution in [2.75, 3.05) is 0 Å². The van der Waals surface area contributed by atoms with Crippen molar-refractivity contribution in [2.24, 2.45) is 5.73 Å². The molecule has 0 saturated heterocycles. The summed E-state index contributed by atoms with van der Waals surface area (Å²) in [5, 5.41) is 0. The van der Waals surface area contributed by atoms with E-state index in [1.165, 1.54) is 22.3 Å². The summed E-state index contributed by atoms with van der Waals surface area (Å²) >= 11 is 0. The van der Waals surface area contributed by atoms with Crippen LogP contribution >= 0.6 is 0 Å². The van der Waals surface area contributed by atoms with Gasteiger partial charge in [-0.1, -0.05) is 24.3 Å². The van der Waals surface area contributed by atoms with E-state index < -0.39 is 0 Å². The molecule has 0 fully saturated rings. The Morgan fingerprint density at radius 1 is 0.895 bits per heavy atom. The molecule has 19 heavy (non-hydrogen) atoms. The van der Waals surface area contributed by atoms with Crippen LogP contribution in [0.25, 0.3) is 0 Å². The summed E-state index contributed by atoms with van der Waals surface area (Å²) in [6.45, 7) is 7.48. The van der Waals surface area contributed by atoms with E-state index >= 15 is 0 Å². The van der Waals surface area contributed by atoms with Crippen LogP contribution < -0.4 is 10.5 Å². The highest BCUT2D eigenvalue weighted by Crippen LogP contribution is 2.19. The van der Waals surface area contributed by atoms with Crippen LogP contribution in [0.15, 0.2) is 36.4 Å². The Hall–Kier alpha value is -1.80. The first-order chi connectivity index (χ1) is 9.10. The van der Waals surface area contributed by atoms with Crippen molar-refractivity contribution in [1.82, 2.24) is 0 Å². The molecule has 0 amide bonds. The average molecular weight is 255 g/mol. The van der Waals surface area contributed by atoms with Crippen LogP contribution in [0.4, 0.5) is 0 Å². The second-order valence-electron chi connectivity index (χ2n) is 5.00. The number of benzene rings is 2. The maximum atomic E-state index is 5.85. The molecule has 0 aromatic heterocycles. The maximum Gasteiger partial charge on any atom is 0.120 e.